The summed E-state index contributed by atoms with van der Waals surface area (Å²) in [7, 11) is 0. The smallest absolute Gasteiger partial charge is 0.548 e. The number of rotatable bonds is 14. The molecule has 0 unspecified atom stereocenters. The Morgan fingerprint density at radius 3 is 1.77 bits per heavy atom. The number of carbonyl (C=O) groups excluding carboxylic acids is 2. The Morgan fingerprint density at radius 1 is 0.818 bits per heavy atom. The average Bonchev–Trinajstić information content (AvgIpc) is 2.44. The van der Waals surface area contributed by atoms with Crippen LogP contribution in [0.15, 0.2) is 0 Å². The van der Waals surface area contributed by atoms with Gasteiger partial charge in [0.2, 0.25) is 5.91 Å². The van der Waals surface area contributed by atoms with Crippen LogP contribution in [0.1, 0.15) is 84.5 Å². The Kier molecular flexibility index (Phi) is 19.0. The number of unbranched alkanes of at least 4 members (excludes halogenated alkanes) is 8. The summed E-state index contributed by atoms with van der Waals surface area (Å²) in [6, 6.07) is 0. The van der Waals surface area contributed by atoms with E-state index in [1.165, 1.54) is 49.8 Å². The molecule has 0 rings (SSSR count). The second-order valence-corrected chi connectivity index (χ2v) is 5.77. The molecule has 4 nitrogen and oxygen atoms in total. The summed E-state index contributed by atoms with van der Waals surface area (Å²) in [4.78, 5) is 23.9. The third-order valence-electron chi connectivity index (χ3n) is 3.66. The second kappa shape index (κ2) is 17.3. The van der Waals surface area contributed by atoms with Crippen molar-refractivity contribution in [1.29, 1.82) is 0 Å². The molecule has 0 radical (unpaired) electrons. The summed E-state index contributed by atoms with van der Waals surface area (Å²) in [5.74, 6) is -1.23. The van der Waals surface area contributed by atoms with E-state index in [9.17, 15) is 14.7 Å². The SMILES string of the molecule is CCCCCCCCCCCC(=O)N(CCC)CC(=O)[O-].[Na+]. The molecule has 0 saturated heterocycles. The van der Waals surface area contributed by atoms with Gasteiger partial charge in [-0.05, 0) is 12.8 Å². The summed E-state index contributed by atoms with van der Waals surface area (Å²) >= 11 is 0. The summed E-state index contributed by atoms with van der Waals surface area (Å²) in [6.45, 7) is 4.39. The minimum Gasteiger partial charge on any atom is -0.548 e. The zero-order chi connectivity index (χ0) is 15.9. The van der Waals surface area contributed by atoms with E-state index in [0.717, 1.165) is 19.3 Å². The third kappa shape index (κ3) is 14.9. The number of nitrogens with zero attached hydrogens (tertiary/aromatic N) is 1. The van der Waals surface area contributed by atoms with Crippen LogP contribution < -0.4 is 34.7 Å². The van der Waals surface area contributed by atoms with Crippen LogP contribution in [0.4, 0.5) is 0 Å². The average molecular weight is 321 g/mol. The molecule has 5 heteroatoms. The number of amides is 1. The number of hydrogen-bond acceptors (Lipinski definition) is 3. The minimum absolute atomic E-state index is 0. The van der Waals surface area contributed by atoms with Crippen LogP contribution >= 0.6 is 0 Å². The number of carboxylic acid groups (broad SMARTS) is 1. The number of carbonyl (C=O) groups is 2. The van der Waals surface area contributed by atoms with Gasteiger partial charge in [0.05, 0.1) is 12.5 Å². The van der Waals surface area contributed by atoms with E-state index in [1.807, 2.05) is 6.92 Å². The van der Waals surface area contributed by atoms with E-state index in [-0.39, 0.29) is 42.0 Å². The van der Waals surface area contributed by atoms with Gasteiger partial charge in [0.25, 0.3) is 0 Å². The Labute approximate surface area is 158 Å². The first-order chi connectivity index (χ1) is 10.1. The Balaban J connectivity index is 0. The minimum atomic E-state index is -1.18. The molecular weight excluding hydrogens is 289 g/mol. The zero-order valence-corrected chi connectivity index (χ0v) is 16.9. The van der Waals surface area contributed by atoms with Crippen LogP contribution in [0.2, 0.25) is 0 Å². The maximum atomic E-state index is 11.9. The standard InChI is InChI=1S/C17H33NO3.Na/c1-3-5-6-7-8-9-10-11-12-13-16(19)18(14-4-2)15-17(20)21;/h3-15H2,1-2H3,(H,20,21);/q;+1/p-1. The van der Waals surface area contributed by atoms with Crippen molar-refractivity contribution in [1.82, 2.24) is 4.90 Å². The molecule has 0 fully saturated rings. The fourth-order valence-corrected chi connectivity index (χ4v) is 2.46. The third-order valence-corrected chi connectivity index (χ3v) is 3.66. The molecule has 0 aliphatic carbocycles. The Morgan fingerprint density at radius 2 is 1.32 bits per heavy atom. The largest absolute Gasteiger partial charge is 1.00 e. The van der Waals surface area contributed by atoms with Crippen molar-refractivity contribution in [3.63, 3.8) is 0 Å². The van der Waals surface area contributed by atoms with Crippen molar-refractivity contribution < 1.29 is 44.3 Å². The van der Waals surface area contributed by atoms with Crippen LogP contribution in [0.3, 0.4) is 0 Å². The maximum absolute atomic E-state index is 11.9. The Bertz CT molecular complexity index is 285. The molecule has 0 spiro atoms. The van der Waals surface area contributed by atoms with Gasteiger partial charge < -0.3 is 14.8 Å². The van der Waals surface area contributed by atoms with Crippen molar-refractivity contribution in [2.24, 2.45) is 0 Å². The predicted molar refractivity (Wildman–Crippen MR) is 83.7 cm³/mol. The number of carboxylic acids is 1. The molecule has 0 atom stereocenters. The molecule has 0 aromatic heterocycles. The van der Waals surface area contributed by atoms with Crippen molar-refractivity contribution in [2.45, 2.75) is 84.5 Å². The van der Waals surface area contributed by atoms with E-state index >= 15 is 0 Å². The molecule has 0 N–H and O–H groups in total. The zero-order valence-electron chi connectivity index (χ0n) is 14.9. The second-order valence-electron chi connectivity index (χ2n) is 5.77. The van der Waals surface area contributed by atoms with Crippen molar-refractivity contribution in [3.05, 3.63) is 0 Å². The summed E-state index contributed by atoms with van der Waals surface area (Å²) in [5, 5.41) is 10.6. The summed E-state index contributed by atoms with van der Waals surface area (Å²) in [5.41, 5.74) is 0. The Hall–Kier alpha value is -0.0600. The van der Waals surface area contributed by atoms with Gasteiger partial charge in [-0.25, -0.2) is 0 Å². The van der Waals surface area contributed by atoms with E-state index in [2.05, 4.69) is 6.92 Å². The van der Waals surface area contributed by atoms with E-state index in [0.29, 0.717) is 13.0 Å². The number of hydrogen-bond donors (Lipinski definition) is 0. The first-order valence-electron chi connectivity index (χ1n) is 8.59. The van der Waals surface area contributed by atoms with Crippen LogP contribution in [0.25, 0.3) is 0 Å². The predicted octanol–water partition coefficient (Wildman–Crippen LogP) is -0.100. The molecule has 124 valence electrons. The van der Waals surface area contributed by atoms with Gasteiger partial charge >= 0.3 is 29.6 Å². The van der Waals surface area contributed by atoms with Crippen molar-refractivity contribution in [2.75, 3.05) is 13.1 Å². The van der Waals surface area contributed by atoms with Crippen LogP contribution in [0.5, 0.6) is 0 Å². The topological polar surface area (TPSA) is 60.4 Å². The molecule has 0 aliphatic rings. The quantitative estimate of drug-likeness (QED) is 0.332. The summed E-state index contributed by atoms with van der Waals surface area (Å²) < 4.78 is 0. The van der Waals surface area contributed by atoms with Gasteiger partial charge in [-0.1, -0.05) is 65.2 Å². The monoisotopic (exact) mass is 321 g/mol. The van der Waals surface area contributed by atoms with Gasteiger partial charge in [-0.2, -0.15) is 0 Å². The first-order valence-corrected chi connectivity index (χ1v) is 8.59. The maximum Gasteiger partial charge on any atom is 1.00 e. The van der Waals surface area contributed by atoms with Gasteiger partial charge in [0.1, 0.15) is 0 Å². The first kappa shape index (κ1) is 24.2. The molecule has 0 aromatic rings. The van der Waals surface area contributed by atoms with E-state index < -0.39 is 5.97 Å². The van der Waals surface area contributed by atoms with Crippen molar-refractivity contribution >= 4 is 11.9 Å². The van der Waals surface area contributed by atoms with Crippen LogP contribution in [-0.4, -0.2) is 29.9 Å². The molecule has 0 aromatic carbocycles. The van der Waals surface area contributed by atoms with Gasteiger partial charge in [0, 0.05) is 13.0 Å². The van der Waals surface area contributed by atoms with Gasteiger partial charge in [0.15, 0.2) is 0 Å². The van der Waals surface area contributed by atoms with Gasteiger partial charge in [-0.3, -0.25) is 4.79 Å². The summed E-state index contributed by atoms with van der Waals surface area (Å²) in [6.07, 6.45) is 12.1. The fraction of sp³-hybridized carbons (Fsp3) is 0.882. The van der Waals surface area contributed by atoms with Crippen LogP contribution in [0, 0.1) is 0 Å². The molecule has 0 aliphatic heterocycles. The molecule has 0 saturated carbocycles. The van der Waals surface area contributed by atoms with Crippen LogP contribution in [-0.2, 0) is 9.59 Å². The number of aliphatic carboxylic acids is 1. The fourth-order valence-electron chi connectivity index (χ4n) is 2.46. The molecule has 0 heterocycles. The molecule has 0 bridgehead atoms. The normalized spacial score (nSPS) is 10.1. The molecule has 1 amide bonds. The van der Waals surface area contributed by atoms with E-state index in [4.69, 9.17) is 0 Å². The molecule has 22 heavy (non-hydrogen) atoms. The van der Waals surface area contributed by atoms with E-state index in [1.54, 1.807) is 0 Å². The molecular formula is C17H32NNaO3. The van der Waals surface area contributed by atoms with Gasteiger partial charge in [-0.15, -0.1) is 0 Å². The van der Waals surface area contributed by atoms with Crippen molar-refractivity contribution in [3.8, 4) is 0 Å².